The molecule has 0 aromatic heterocycles. The lowest BCUT2D eigenvalue weighted by atomic mass is 9.88. The molecule has 0 amide bonds. The van der Waals surface area contributed by atoms with Crippen LogP contribution in [0.5, 0.6) is 17.2 Å². The lowest BCUT2D eigenvalue weighted by Gasteiger charge is -2.35. The molecule has 1 N–H and O–H groups in total. The van der Waals surface area contributed by atoms with Gasteiger partial charge in [0.25, 0.3) is 0 Å². The second kappa shape index (κ2) is 6.50. The van der Waals surface area contributed by atoms with Crippen molar-refractivity contribution in [3.63, 3.8) is 0 Å². The first kappa shape index (κ1) is 11.4. The van der Waals surface area contributed by atoms with Gasteiger partial charge >= 0.3 is 0 Å². The molecule has 2 aromatic rings. The predicted molar refractivity (Wildman–Crippen MR) is 90.4 cm³/mol. The number of benzene rings is 2. The lowest BCUT2D eigenvalue weighted by Crippen LogP contribution is -2.33. The molecule has 0 fully saturated rings. The smallest absolute Gasteiger partial charge is 0.160 e. The van der Waals surface area contributed by atoms with Crippen LogP contribution < -0.4 is 9.47 Å². The molecular weight excluding hydrogens is 290 g/mol. The molecule has 0 spiro atoms. The van der Waals surface area contributed by atoms with Crippen LogP contribution in [0.15, 0.2) is 36.3 Å². The van der Waals surface area contributed by atoms with Crippen molar-refractivity contribution >= 4 is 0 Å². The van der Waals surface area contributed by atoms with Gasteiger partial charge in [0.05, 0.1) is 19.7 Å². The maximum Gasteiger partial charge on any atom is 0.160 e. The Bertz CT molecular complexity index is 865. The quantitative estimate of drug-likeness (QED) is 0.940. The van der Waals surface area contributed by atoms with E-state index in [1.807, 2.05) is 7.05 Å². The first-order chi connectivity index (χ1) is 12.8. The summed E-state index contributed by atoms with van der Waals surface area (Å²) in [6.07, 6.45) is 1.06. The van der Waals surface area contributed by atoms with Crippen LogP contribution in [0.4, 0.5) is 0 Å². The van der Waals surface area contributed by atoms with E-state index in [1.54, 1.807) is 12.1 Å². The fourth-order valence-electron chi connectivity index (χ4n) is 2.93. The first-order valence-electron chi connectivity index (χ1n) is 9.53. The molecule has 122 valence electrons. The second-order valence-corrected chi connectivity index (χ2v) is 5.66. The number of phenols is 1. The van der Waals surface area contributed by atoms with Crippen molar-refractivity contribution in [3.8, 4) is 17.2 Å². The molecule has 0 radical (unpaired) electrons. The summed E-state index contributed by atoms with van der Waals surface area (Å²) >= 11 is 0. The molecule has 2 aromatic carbocycles. The highest BCUT2D eigenvalue weighted by Crippen LogP contribution is 2.38. The molecule has 4 heteroatoms. The van der Waals surface area contributed by atoms with Gasteiger partial charge < -0.3 is 14.6 Å². The molecule has 23 heavy (non-hydrogen) atoms. The maximum atomic E-state index is 10.3. The summed E-state index contributed by atoms with van der Waals surface area (Å²) in [6, 6.07) is 3.46. The average Bonchev–Trinajstić information content (AvgIpc) is 2.62. The van der Waals surface area contributed by atoms with E-state index in [4.69, 9.17) is 15.0 Å². The number of methoxy groups -OCH3 is 2. The van der Waals surface area contributed by atoms with E-state index in [1.165, 1.54) is 14.2 Å². The number of hydrogen-bond donors (Lipinski definition) is 1. The summed E-state index contributed by atoms with van der Waals surface area (Å²) in [5.41, 5.74) is 2.10. The van der Waals surface area contributed by atoms with E-state index in [-0.39, 0.29) is 47.5 Å². The molecule has 0 saturated heterocycles. The molecule has 3 rings (SSSR count). The van der Waals surface area contributed by atoms with E-state index >= 15 is 0 Å². The highest BCUT2D eigenvalue weighted by atomic mass is 16.5. The zero-order chi connectivity index (χ0) is 19.9. The molecule has 1 aliphatic rings. The van der Waals surface area contributed by atoms with Crippen LogP contribution in [0, 0.1) is 0 Å². The fourth-order valence-corrected chi connectivity index (χ4v) is 2.93. The highest BCUT2D eigenvalue weighted by Gasteiger charge is 2.26. The number of fused-ring (bicyclic) bond motifs is 1. The second-order valence-electron chi connectivity index (χ2n) is 5.66. The van der Waals surface area contributed by atoms with Crippen molar-refractivity contribution in [1.82, 2.24) is 4.90 Å². The number of aromatic hydroxyl groups is 1. The van der Waals surface area contributed by atoms with Gasteiger partial charge in [-0.05, 0) is 60.7 Å². The van der Waals surface area contributed by atoms with Crippen molar-refractivity contribution in [3.05, 3.63) is 53.0 Å². The Hall–Kier alpha value is -2.20. The summed E-state index contributed by atoms with van der Waals surface area (Å²) in [4.78, 5) is 2.07. The normalized spacial score (nSPS) is 20.0. The van der Waals surface area contributed by atoms with Crippen LogP contribution in [0.3, 0.4) is 0 Å². The van der Waals surface area contributed by atoms with Gasteiger partial charge in [0.2, 0.25) is 0 Å². The topological polar surface area (TPSA) is 41.9 Å². The maximum absolute atomic E-state index is 10.3. The SMILES string of the molecule is [2H]c1cc(CC2c3c([2H])c(O)c(OC)c([2H])c3CCN2C)cc([2H])c1OC. The standard InChI is InChI=1S/C19H23NO3/c1-20-9-8-14-11-19(23-3)18(21)12-16(14)17(20)10-13-4-6-15(22-2)7-5-13/h4-7,11-12,17,21H,8-10H2,1-3H3/i6D,7D,11D,12D. The molecule has 4 nitrogen and oxygen atoms in total. The Balaban J connectivity index is 2.09. The summed E-state index contributed by atoms with van der Waals surface area (Å²) in [6.45, 7) is 0.703. The molecule has 0 saturated carbocycles. The number of likely N-dealkylation sites (N-methyl/N-ethyl adjacent to an activating group) is 1. The molecule has 0 bridgehead atoms. The number of hydrogen-bond acceptors (Lipinski definition) is 4. The van der Waals surface area contributed by atoms with E-state index in [0.29, 0.717) is 30.5 Å². The van der Waals surface area contributed by atoms with Gasteiger partial charge in [0, 0.05) is 12.6 Å². The van der Waals surface area contributed by atoms with Crippen molar-refractivity contribution in [2.75, 3.05) is 27.8 Å². The van der Waals surface area contributed by atoms with Crippen molar-refractivity contribution in [2.24, 2.45) is 0 Å². The first-order valence-corrected chi connectivity index (χ1v) is 7.53. The lowest BCUT2D eigenvalue weighted by molar-refractivity contribution is 0.228. The summed E-state index contributed by atoms with van der Waals surface area (Å²) in [7, 11) is 4.76. The van der Waals surface area contributed by atoms with Gasteiger partial charge in [-0.3, -0.25) is 4.90 Å². The number of phenolic OH excluding ortho intramolecular Hbond substituents is 1. The Morgan fingerprint density at radius 2 is 2.00 bits per heavy atom. The third-order valence-electron chi connectivity index (χ3n) is 4.25. The van der Waals surface area contributed by atoms with Crippen molar-refractivity contribution in [2.45, 2.75) is 18.9 Å². The van der Waals surface area contributed by atoms with Crippen LogP contribution in [-0.4, -0.2) is 37.8 Å². The molecular formula is C19H23NO3. The van der Waals surface area contributed by atoms with Crippen LogP contribution in [0.2, 0.25) is 0 Å². The molecule has 1 aliphatic heterocycles. The zero-order valence-electron chi connectivity index (χ0n) is 17.6. The van der Waals surface area contributed by atoms with E-state index in [9.17, 15) is 5.11 Å². The molecule has 1 unspecified atom stereocenters. The van der Waals surface area contributed by atoms with Crippen molar-refractivity contribution in [1.29, 1.82) is 0 Å². The van der Waals surface area contributed by atoms with Gasteiger partial charge in [-0.15, -0.1) is 0 Å². The highest BCUT2D eigenvalue weighted by molar-refractivity contribution is 5.49. The summed E-state index contributed by atoms with van der Waals surface area (Å²) in [5.74, 6) is -0.0554. The monoisotopic (exact) mass is 317 g/mol. The van der Waals surface area contributed by atoms with E-state index < -0.39 is 0 Å². The fraction of sp³-hybridized carbons (Fsp3) is 0.368. The third kappa shape index (κ3) is 3.13. The van der Waals surface area contributed by atoms with Crippen LogP contribution in [-0.2, 0) is 12.8 Å². The van der Waals surface area contributed by atoms with E-state index in [0.717, 1.165) is 5.56 Å². The number of nitrogens with zero attached hydrogens (tertiary/aromatic N) is 1. The Morgan fingerprint density at radius 3 is 2.65 bits per heavy atom. The summed E-state index contributed by atoms with van der Waals surface area (Å²) < 4.78 is 43.1. The molecule has 0 aliphatic carbocycles. The van der Waals surface area contributed by atoms with Gasteiger partial charge in [0.1, 0.15) is 5.75 Å². The molecule has 1 atom stereocenters. The van der Waals surface area contributed by atoms with Gasteiger partial charge in [0.15, 0.2) is 11.5 Å². The minimum atomic E-state index is -0.321. The number of ether oxygens (including phenoxy) is 2. The van der Waals surface area contributed by atoms with Crippen LogP contribution in [0.25, 0.3) is 0 Å². The average molecular weight is 317 g/mol. The largest absolute Gasteiger partial charge is 0.504 e. The van der Waals surface area contributed by atoms with Crippen LogP contribution >= 0.6 is 0 Å². The van der Waals surface area contributed by atoms with E-state index in [2.05, 4.69) is 4.90 Å². The van der Waals surface area contributed by atoms with Gasteiger partial charge in [-0.1, -0.05) is 12.1 Å². The zero-order valence-corrected chi connectivity index (χ0v) is 13.6. The van der Waals surface area contributed by atoms with Gasteiger partial charge in [-0.25, -0.2) is 0 Å². The van der Waals surface area contributed by atoms with Crippen LogP contribution in [0.1, 0.15) is 28.2 Å². The minimum absolute atomic E-state index is 0.0277. The third-order valence-corrected chi connectivity index (χ3v) is 4.25. The Kier molecular flexibility index (Phi) is 3.21. The van der Waals surface area contributed by atoms with Gasteiger partial charge in [-0.2, -0.15) is 0 Å². The molecule has 1 heterocycles. The Labute approximate surface area is 142 Å². The summed E-state index contributed by atoms with van der Waals surface area (Å²) in [5, 5.41) is 10.3. The Morgan fingerprint density at radius 1 is 1.26 bits per heavy atom. The predicted octanol–water partition coefficient (Wildman–Crippen LogP) is 3.18. The van der Waals surface area contributed by atoms with Crippen molar-refractivity contribution < 1.29 is 20.1 Å². The number of rotatable bonds is 4. The minimum Gasteiger partial charge on any atom is -0.504 e.